The minimum absolute atomic E-state index is 0. The zero-order chi connectivity index (χ0) is 4.50. The van der Waals surface area contributed by atoms with E-state index in [1.54, 1.807) is 0 Å². The van der Waals surface area contributed by atoms with Crippen LogP contribution in [0, 0.1) is 0 Å². The first kappa shape index (κ1) is 17.0. The van der Waals surface area contributed by atoms with Crippen molar-refractivity contribution in [3.8, 4) is 0 Å². The molecule has 0 fully saturated rings. The van der Waals surface area contributed by atoms with Crippen molar-refractivity contribution in [1.82, 2.24) is 0 Å². The van der Waals surface area contributed by atoms with Crippen molar-refractivity contribution in [2.45, 2.75) is 0 Å². The van der Waals surface area contributed by atoms with Gasteiger partial charge in [0.2, 0.25) is 0 Å². The van der Waals surface area contributed by atoms with Gasteiger partial charge in [-0.15, -0.1) is 0 Å². The molecule has 0 amide bonds. The Labute approximate surface area is 140 Å². The topological polar surface area (TPSA) is 63.2 Å². The van der Waals surface area contributed by atoms with Gasteiger partial charge in [0, 0.05) is 0 Å². The van der Waals surface area contributed by atoms with Crippen LogP contribution in [0.15, 0.2) is 0 Å². The first-order chi connectivity index (χ1) is 2.00. The van der Waals surface area contributed by atoms with Crippen LogP contribution >= 0.6 is 7.60 Å². The fourth-order valence-corrected chi connectivity index (χ4v) is 0. The third kappa shape index (κ3) is 41.6. The van der Waals surface area contributed by atoms with Crippen LogP contribution in [0.5, 0.6) is 0 Å². The van der Waals surface area contributed by atoms with E-state index in [1.165, 1.54) is 0 Å². The SMILES string of the molecule is CP(=O)([O-])[O-].[Rb+].[Rb+]. The predicted molar refractivity (Wildman–Crippen MR) is 13.5 cm³/mol. The Morgan fingerprint density at radius 2 is 1.29 bits per heavy atom. The maximum Gasteiger partial charge on any atom is 1.00 e. The van der Waals surface area contributed by atoms with E-state index in [4.69, 9.17) is 14.4 Å². The Kier molecular flexibility index (Phi) is 19.1. The summed E-state index contributed by atoms with van der Waals surface area (Å²) in [6, 6.07) is 0. The summed E-state index contributed by atoms with van der Waals surface area (Å²) in [6.45, 7) is 0.632. The molecule has 0 aromatic heterocycles. The summed E-state index contributed by atoms with van der Waals surface area (Å²) in [4.78, 5) is 18.2. The van der Waals surface area contributed by atoms with Gasteiger partial charge < -0.3 is 14.4 Å². The normalized spacial score (nSPS) is 8.43. The van der Waals surface area contributed by atoms with Gasteiger partial charge in [0.15, 0.2) is 0 Å². The van der Waals surface area contributed by atoms with Crippen molar-refractivity contribution in [3.63, 3.8) is 0 Å². The summed E-state index contributed by atoms with van der Waals surface area (Å²) >= 11 is 0. The second kappa shape index (κ2) is 7.86. The maximum absolute atomic E-state index is 9.10. The van der Waals surface area contributed by atoms with Crippen molar-refractivity contribution >= 4 is 7.60 Å². The molecule has 0 spiro atoms. The molecule has 0 saturated carbocycles. The van der Waals surface area contributed by atoms with Gasteiger partial charge in [-0.2, -0.15) is 0 Å². The van der Waals surface area contributed by atoms with Crippen molar-refractivity contribution in [1.29, 1.82) is 0 Å². The summed E-state index contributed by atoms with van der Waals surface area (Å²) in [6.07, 6.45) is 0. The van der Waals surface area contributed by atoms with E-state index in [1.807, 2.05) is 0 Å². The molecule has 0 N–H and O–H groups in total. The average molecular weight is 265 g/mol. The summed E-state index contributed by atoms with van der Waals surface area (Å²) in [5.41, 5.74) is 0. The molecule has 32 valence electrons. The Hall–Kier alpha value is 3.76. The molecular weight excluding hydrogens is 262 g/mol. The third-order valence-electron chi connectivity index (χ3n) is 0. The molecule has 0 aromatic rings. The Morgan fingerprint density at radius 1 is 1.29 bits per heavy atom. The van der Waals surface area contributed by atoms with E-state index in [0.29, 0.717) is 6.66 Å². The van der Waals surface area contributed by atoms with Gasteiger partial charge in [-0.3, -0.25) is 0 Å². The van der Waals surface area contributed by atoms with E-state index in [2.05, 4.69) is 0 Å². The zero-order valence-electron chi connectivity index (χ0n) is 4.67. The fourth-order valence-electron chi connectivity index (χ4n) is 0. The van der Waals surface area contributed by atoms with Gasteiger partial charge in [-0.05, 0) is 6.66 Å². The summed E-state index contributed by atoms with van der Waals surface area (Å²) in [5, 5.41) is 0. The van der Waals surface area contributed by atoms with Crippen molar-refractivity contribution in [2.24, 2.45) is 0 Å². The monoisotopic (exact) mass is 264 g/mol. The quantitative estimate of drug-likeness (QED) is 0.409. The molecule has 0 saturated heterocycles. The second-order valence-corrected chi connectivity index (χ2v) is 2.31. The van der Waals surface area contributed by atoms with Gasteiger partial charge in [0.05, 0.1) is 0 Å². The average Bonchev–Trinajstić information content (AvgIpc) is 0.722. The minimum Gasteiger partial charge on any atom is -0.811 e. The Balaban J connectivity index is -0.0000000800. The van der Waals surface area contributed by atoms with Crippen molar-refractivity contribution in [2.75, 3.05) is 6.66 Å². The maximum atomic E-state index is 9.10. The Morgan fingerprint density at radius 3 is 1.29 bits per heavy atom. The van der Waals surface area contributed by atoms with Crippen LogP contribution in [-0.2, 0) is 4.57 Å². The van der Waals surface area contributed by atoms with E-state index in [0.717, 1.165) is 0 Å². The molecular formula is CH3O3PRb2. The van der Waals surface area contributed by atoms with Crippen LogP contribution in [0.2, 0.25) is 0 Å². The van der Waals surface area contributed by atoms with E-state index >= 15 is 0 Å². The molecule has 7 heavy (non-hydrogen) atoms. The summed E-state index contributed by atoms with van der Waals surface area (Å²) in [5.74, 6) is 0. The number of hydrogen-bond donors (Lipinski definition) is 0. The molecule has 3 nitrogen and oxygen atoms in total. The minimum atomic E-state index is -4.14. The fraction of sp³-hybridized carbons (Fsp3) is 1.00. The van der Waals surface area contributed by atoms with E-state index in [-0.39, 0.29) is 116 Å². The largest absolute Gasteiger partial charge is 1.00 e. The first-order valence-corrected chi connectivity index (χ1v) is 2.98. The van der Waals surface area contributed by atoms with E-state index in [9.17, 15) is 0 Å². The van der Waals surface area contributed by atoms with Crippen LogP contribution in [0.1, 0.15) is 0 Å². The van der Waals surface area contributed by atoms with Crippen molar-refractivity contribution < 1.29 is 131 Å². The van der Waals surface area contributed by atoms with Crippen LogP contribution in [0.25, 0.3) is 0 Å². The summed E-state index contributed by atoms with van der Waals surface area (Å²) < 4.78 is 9.10. The van der Waals surface area contributed by atoms with Gasteiger partial charge in [-0.25, -0.2) is 0 Å². The molecule has 0 aliphatic carbocycles. The van der Waals surface area contributed by atoms with Gasteiger partial charge in [0.25, 0.3) is 0 Å². The molecule has 0 aliphatic rings. The van der Waals surface area contributed by atoms with Crippen LogP contribution in [0.3, 0.4) is 0 Å². The smallest absolute Gasteiger partial charge is 0.811 e. The van der Waals surface area contributed by atoms with Gasteiger partial charge in [-0.1, -0.05) is 7.60 Å². The third-order valence-corrected chi connectivity index (χ3v) is 0. The Bertz CT molecular complexity index is 59.1. The van der Waals surface area contributed by atoms with Crippen molar-refractivity contribution in [3.05, 3.63) is 0 Å². The number of hydrogen-bond acceptors (Lipinski definition) is 3. The van der Waals surface area contributed by atoms with Crippen LogP contribution in [-0.4, -0.2) is 6.66 Å². The molecule has 0 rings (SSSR count). The second-order valence-electron chi connectivity index (χ2n) is 0.771. The zero-order valence-corrected chi connectivity index (χ0v) is 15.4. The van der Waals surface area contributed by atoms with Gasteiger partial charge in [0.1, 0.15) is 0 Å². The van der Waals surface area contributed by atoms with Crippen LogP contribution in [0.4, 0.5) is 0 Å². The first-order valence-electron chi connectivity index (χ1n) is 0.995. The van der Waals surface area contributed by atoms with Gasteiger partial charge >= 0.3 is 116 Å². The predicted octanol–water partition coefficient (Wildman–Crippen LogP) is -7.46. The summed E-state index contributed by atoms with van der Waals surface area (Å²) in [7, 11) is -4.14. The molecule has 6 heteroatoms. The molecule has 0 radical (unpaired) electrons. The molecule has 0 heterocycles. The van der Waals surface area contributed by atoms with Crippen LogP contribution < -0.4 is 126 Å². The molecule has 0 unspecified atom stereocenters. The molecule has 0 aromatic carbocycles. The molecule has 0 atom stereocenters. The molecule has 0 aliphatic heterocycles. The molecule has 0 bridgehead atoms. The number of rotatable bonds is 0. The van der Waals surface area contributed by atoms with E-state index < -0.39 is 7.60 Å². The standard InChI is InChI=1S/CH5O3P.2Rb/c1-5(2,3)4;;/h1H3,(H2,2,3,4);;/q;2*+1/p-2.